The van der Waals surface area contributed by atoms with Gasteiger partial charge < -0.3 is 14.8 Å². The normalized spacial score (nSPS) is 10.3. The molecule has 2 aromatic carbocycles. The SMILES string of the molecule is C=CCOc1ccc(-c2nc(C(=O)NCCc3ccccc3OC)cs2)cc1. The van der Waals surface area contributed by atoms with Gasteiger partial charge in [-0.1, -0.05) is 30.9 Å². The second-order valence-electron chi connectivity index (χ2n) is 5.98. The second-order valence-corrected chi connectivity index (χ2v) is 6.84. The Morgan fingerprint density at radius 2 is 2.00 bits per heavy atom. The van der Waals surface area contributed by atoms with Gasteiger partial charge >= 0.3 is 0 Å². The quantitative estimate of drug-likeness (QED) is 0.548. The van der Waals surface area contributed by atoms with E-state index in [2.05, 4.69) is 16.9 Å². The van der Waals surface area contributed by atoms with Gasteiger partial charge in [0.25, 0.3) is 5.91 Å². The molecule has 0 atom stereocenters. The lowest BCUT2D eigenvalue weighted by atomic mass is 10.1. The van der Waals surface area contributed by atoms with Gasteiger partial charge in [0.1, 0.15) is 28.8 Å². The third kappa shape index (κ3) is 4.98. The number of carbonyl (C=O) groups excluding carboxylic acids is 1. The zero-order chi connectivity index (χ0) is 19.8. The molecular formula is C22H22N2O3S. The first kappa shape index (κ1) is 19.6. The van der Waals surface area contributed by atoms with Gasteiger partial charge in [-0.2, -0.15) is 0 Å². The van der Waals surface area contributed by atoms with E-state index in [0.717, 1.165) is 27.6 Å². The fourth-order valence-electron chi connectivity index (χ4n) is 2.67. The van der Waals surface area contributed by atoms with Gasteiger partial charge in [0, 0.05) is 17.5 Å². The van der Waals surface area contributed by atoms with Crippen molar-refractivity contribution in [2.45, 2.75) is 6.42 Å². The van der Waals surface area contributed by atoms with Crippen LogP contribution in [0.3, 0.4) is 0 Å². The van der Waals surface area contributed by atoms with Crippen LogP contribution < -0.4 is 14.8 Å². The minimum absolute atomic E-state index is 0.177. The minimum atomic E-state index is -0.177. The van der Waals surface area contributed by atoms with E-state index in [9.17, 15) is 4.79 Å². The van der Waals surface area contributed by atoms with Gasteiger partial charge in [0.15, 0.2) is 0 Å². The van der Waals surface area contributed by atoms with Crippen LogP contribution in [0.2, 0.25) is 0 Å². The molecule has 0 unspecified atom stereocenters. The Morgan fingerprint density at radius 3 is 2.75 bits per heavy atom. The van der Waals surface area contributed by atoms with Crippen molar-refractivity contribution >= 4 is 17.2 Å². The molecule has 0 fully saturated rings. The van der Waals surface area contributed by atoms with E-state index < -0.39 is 0 Å². The molecule has 0 bridgehead atoms. The molecule has 0 aliphatic heterocycles. The lowest BCUT2D eigenvalue weighted by Crippen LogP contribution is -2.26. The summed E-state index contributed by atoms with van der Waals surface area (Å²) in [5, 5.41) is 5.49. The van der Waals surface area contributed by atoms with Crippen molar-refractivity contribution < 1.29 is 14.3 Å². The van der Waals surface area contributed by atoms with Crippen molar-refractivity contribution in [1.29, 1.82) is 0 Å². The first-order valence-electron chi connectivity index (χ1n) is 8.91. The Bertz CT molecular complexity index is 935. The number of methoxy groups -OCH3 is 1. The highest BCUT2D eigenvalue weighted by atomic mass is 32.1. The third-order valence-corrected chi connectivity index (χ3v) is 4.97. The number of hydrogen-bond acceptors (Lipinski definition) is 5. The predicted molar refractivity (Wildman–Crippen MR) is 112 cm³/mol. The zero-order valence-corrected chi connectivity index (χ0v) is 16.5. The van der Waals surface area contributed by atoms with Gasteiger partial charge in [-0.05, 0) is 42.3 Å². The lowest BCUT2D eigenvalue weighted by molar-refractivity contribution is 0.0950. The Hall–Kier alpha value is -3.12. The molecule has 1 N–H and O–H groups in total. The van der Waals surface area contributed by atoms with E-state index in [-0.39, 0.29) is 5.91 Å². The average Bonchev–Trinajstić information content (AvgIpc) is 3.23. The van der Waals surface area contributed by atoms with Crippen LogP contribution in [0.5, 0.6) is 11.5 Å². The van der Waals surface area contributed by atoms with Crippen molar-refractivity contribution in [2.75, 3.05) is 20.3 Å². The number of carbonyl (C=O) groups is 1. The van der Waals surface area contributed by atoms with E-state index in [4.69, 9.17) is 9.47 Å². The summed E-state index contributed by atoms with van der Waals surface area (Å²) >= 11 is 1.44. The first-order valence-corrected chi connectivity index (χ1v) is 9.79. The molecule has 144 valence electrons. The molecule has 0 saturated heterocycles. The van der Waals surface area contributed by atoms with Gasteiger partial charge in [-0.25, -0.2) is 4.98 Å². The topological polar surface area (TPSA) is 60.5 Å². The van der Waals surface area contributed by atoms with E-state index in [1.165, 1.54) is 11.3 Å². The molecule has 0 spiro atoms. The van der Waals surface area contributed by atoms with Crippen molar-refractivity contribution in [3.63, 3.8) is 0 Å². The summed E-state index contributed by atoms with van der Waals surface area (Å²) in [6.07, 6.45) is 2.40. The summed E-state index contributed by atoms with van der Waals surface area (Å²) in [7, 11) is 1.65. The molecule has 0 radical (unpaired) electrons. The van der Waals surface area contributed by atoms with Gasteiger partial charge in [0.2, 0.25) is 0 Å². The number of nitrogens with zero attached hydrogens (tertiary/aromatic N) is 1. The van der Waals surface area contributed by atoms with Crippen LogP contribution >= 0.6 is 11.3 Å². The average molecular weight is 394 g/mol. The minimum Gasteiger partial charge on any atom is -0.496 e. The Morgan fingerprint density at radius 1 is 1.21 bits per heavy atom. The smallest absolute Gasteiger partial charge is 0.270 e. The highest BCUT2D eigenvalue weighted by molar-refractivity contribution is 7.13. The zero-order valence-electron chi connectivity index (χ0n) is 15.7. The number of para-hydroxylation sites is 1. The van der Waals surface area contributed by atoms with Crippen LogP contribution in [0.1, 0.15) is 16.1 Å². The van der Waals surface area contributed by atoms with Crippen molar-refractivity contribution in [3.8, 4) is 22.1 Å². The Kier molecular flexibility index (Phi) is 6.81. The molecular weight excluding hydrogens is 372 g/mol. The number of nitrogens with one attached hydrogen (secondary N) is 1. The number of hydrogen-bond donors (Lipinski definition) is 1. The molecule has 0 aliphatic rings. The summed E-state index contributed by atoms with van der Waals surface area (Å²) in [4.78, 5) is 16.8. The van der Waals surface area contributed by atoms with E-state index in [1.807, 2.05) is 48.5 Å². The highest BCUT2D eigenvalue weighted by Gasteiger charge is 2.12. The molecule has 5 nitrogen and oxygen atoms in total. The highest BCUT2D eigenvalue weighted by Crippen LogP contribution is 2.26. The number of thiazole rings is 1. The molecule has 6 heteroatoms. The summed E-state index contributed by atoms with van der Waals surface area (Å²) < 4.78 is 10.8. The number of rotatable bonds is 9. The van der Waals surface area contributed by atoms with Gasteiger partial charge in [-0.3, -0.25) is 4.79 Å². The summed E-state index contributed by atoms with van der Waals surface area (Å²) in [5.41, 5.74) is 2.43. The molecule has 1 heterocycles. The number of aromatic nitrogens is 1. The van der Waals surface area contributed by atoms with Crippen LogP contribution in [0.15, 0.2) is 66.6 Å². The van der Waals surface area contributed by atoms with E-state index in [0.29, 0.717) is 25.3 Å². The number of benzene rings is 2. The molecule has 1 amide bonds. The Balaban J connectivity index is 1.57. The monoisotopic (exact) mass is 394 g/mol. The fraction of sp³-hybridized carbons (Fsp3) is 0.182. The molecule has 3 aromatic rings. The van der Waals surface area contributed by atoms with Gasteiger partial charge in [0.05, 0.1) is 7.11 Å². The summed E-state index contributed by atoms with van der Waals surface area (Å²) in [6, 6.07) is 15.4. The predicted octanol–water partition coefficient (Wildman–Crippen LogP) is 4.36. The van der Waals surface area contributed by atoms with Crippen LogP contribution in [-0.4, -0.2) is 31.2 Å². The summed E-state index contributed by atoms with van der Waals surface area (Å²) in [5.74, 6) is 1.42. The number of amides is 1. The second kappa shape index (κ2) is 9.71. The summed E-state index contributed by atoms with van der Waals surface area (Å²) in [6.45, 7) is 4.61. The van der Waals surface area contributed by atoms with Crippen LogP contribution in [0.4, 0.5) is 0 Å². The molecule has 3 rings (SSSR count). The molecule has 1 aromatic heterocycles. The Labute approximate surface area is 168 Å². The van der Waals surface area contributed by atoms with Crippen LogP contribution in [0.25, 0.3) is 10.6 Å². The lowest BCUT2D eigenvalue weighted by Gasteiger charge is -2.08. The van der Waals surface area contributed by atoms with Gasteiger partial charge in [-0.15, -0.1) is 11.3 Å². The maximum atomic E-state index is 12.4. The van der Waals surface area contributed by atoms with Crippen LogP contribution in [-0.2, 0) is 6.42 Å². The third-order valence-electron chi connectivity index (χ3n) is 4.08. The van der Waals surface area contributed by atoms with E-state index >= 15 is 0 Å². The van der Waals surface area contributed by atoms with Crippen molar-refractivity contribution in [2.24, 2.45) is 0 Å². The largest absolute Gasteiger partial charge is 0.496 e. The molecule has 0 aliphatic carbocycles. The molecule has 0 saturated carbocycles. The van der Waals surface area contributed by atoms with Crippen molar-refractivity contribution in [3.05, 3.63) is 77.8 Å². The van der Waals surface area contributed by atoms with Crippen LogP contribution in [0, 0.1) is 0 Å². The number of ether oxygens (including phenoxy) is 2. The standard InChI is InChI=1S/C22H22N2O3S/c1-3-14-27-18-10-8-17(9-11-18)22-24-19(15-28-22)21(25)23-13-12-16-6-4-5-7-20(16)26-2/h3-11,15H,1,12-14H2,2H3,(H,23,25). The molecule has 28 heavy (non-hydrogen) atoms. The fourth-order valence-corrected chi connectivity index (χ4v) is 3.48. The maximum absolute atomic E-state index is 12.4. The van der Waals surface area contributed by atoms with Crippen molar-refractivity contribution in [1.82, 2.24) is 10.3 Å². The first-order chi connectivity index (χ1) is 13.7. The van der Waals surface area contributed by atoms with E-state index in [1.54, 1.807) is 18.6 Å². The maximum Gasteiger partial charge on any atom is 0.270 e.